The first kappa shape index (κ1) is 16.8. The average Bonchev–Trinajstić information content (AvgIpc) is 2.37. The van der Waals surface area contributed by atoms with E-state index < -0.39 is 0 Å². The Bertz CT molecular complexity index is 515. The second kappa shape index (κ2) is 7.16. The fraction of sp³-hybridized carbons (Fsp3) is 0.500. The molecule has 0 aliphatic carbocycles. The molecule has 3 N–H and O–H groups in total. The Kier molecular flexibility index (Phi) is 5.74. The van der Waals surface area contributed by atoms with Crippen molar-refractivity contribution in [1.29, 1.82) is 0 Å². The number of nitrogens with two attached hydrogens (primary N) is 1. The summed E-state index contributed by atoms with van der Waals surface area (Å²) in [6, 6.07) is 3.61. The lowest BCUT2D eigenvalue weighted by Crippen LogP contribution is -2.48. The lowest BCUT2D eigenvalue weighted by atomic mass is 9.99. The van der Waals surface area contributed by atoms with Crippen LogP contribution >= 0.6 is 34.8 Å². The number of piperidine rings is 1. The molecule has 1 fully saturated rings. The molecule has 1 aliphatic heterocycles. The van der Waals surface area contributed by atoms with E-state index in [9.17, 15) is 4.79 Å². The molecule has 1 amide bonds. The third-order valence-corrected chi connectivity index (χ3v) is 4.49. The Morgan fingerprint density at radius 3 is 2.57 bits per heavy atom. The van der Waals surface area contributed by atoms with Crippen LogP contribution in [-0.2, 0) is 4.79 Å². The molecule has 1 aromatic carbocycles. The zero-order chi connectivity index (χ0) is 15.6. The van der Waals surface area contributed by atoms with Crippen molar-refractivity contribution in [2.45, 2.75) is 31.8 Å². The number of hydrogen-bond donors (Lipinski definition) is 2. The van der Waals surface area contributed by atoms with Crippen molar-refractivity contribution in [3.8, 4) is 0 Å². The van der Waals surface area contributed by atoms with E-state index in [1.54, 1.807) is 12.1 Å². The fourth-order valence-electron chi connectivity index (χ4n) is 2.52. The summed E-state index contributed by atoms with van der Waals surface area (Å²) in [6.45, 7) is 3.19. The van der Waals surface area contributed by atoms with Gasteiger partial charge >= 0.3 is 0 Å². The van der Waals surface area contributed by atoms with Crippen LogP contribution in [0.2, 0.25) is 15.1 Å². The molecule has 0 bridgehead atoms. The number of benzene rings is 1. The summed E-state index contributed by atoms with van der Waals surface area (Å²) in [4.78, 5) is 14.3. The van der Waals surface area contributed by atoms with Gasteiger partial charge in [-0.25, -0.2) is 0 Å². The Labute approximate surface area is 139 Å². The maximum Gasteiger partial charge on any atom is 0.238 e. The first-order valence-corrected chi connectivity index (χ1v) is 7.94. The third-order valence-electron chi connectivity index (χ3n) is 3.67. The second-order valence-electron chi connectivity index (χ2n) is 5.40. The Morgan fingerprint density at radius 1 is 1.38 bits per heavy atom. The number of carbonyl (C=O) groups is 1. The SMILES string of the molecule is CC1CC(N)CCN1CC(=O)Nc1c(Cl)cc(Cl)cc1Cl. The van der Waals surface area contributed by atoms with Gasteiger partial charge in [0.1, 0.15) is 0 Å². The minimum Gasteiger partial charge on any atom is -0.328 e. The zero-order valence-corrected chi connectivity index (χ0v) is 14.0. The molecule has 116 valence electrons. The number of halogens is 3. The minimum absolute atomic E-state index is 0.150. The molecule has 4 nitrogen and oxygen atoms in total. The Balaban J connectivity index is 1.99. The van der Waals surface area contributed by atoms with Gasteiger partial charge in [0, 0.05) is 23.7 Å². The average molecular weight is 351 g/mol. The Morgan fingerprint density at radius 2 is 2.00 bits per heavy atom. The van der Waals surface area contributed by atoms with Crippen molar-refractivity contribution in [2.75, 3.05) is 18.4 Å². The van der Waals surface area contributed by atoms with Gasteiger partial charge in [0.2, 0.25) is 5.91 Å². The number of amides is 1. The number of carbonyl (C=O) groups excluding carboxylic acids is 1. The van der Waals surface area contributed by atoms with Crippen LogP contribution in [0.25, 0.3) is 0 Å². The van der Waals surface area contributed by atoms with Crippen molar-refractivity contribution in [2.24, 2.45) is 5.73 Å². The second-order valence-corrected chi connectivity index (χ2v) is 6.65. The van der Waals surface area contributed by atoms with E-state index in [4.69, 9.17) is 40.5 Å². The number of nitrogens with one attached hydrogen (secondary N) is 1. The van der Waals surface area contributed by atoms with E-state index in [-0.39, 0.29) is 18.0 Å². The van der Waals surface area contributed by atoms with Gasteiger partial charge in [0.25, 0.3) is 0 Å². The zero-order valence-electron chi connectivity index (χ0n) is 11.7. The van der Waals surface area contributed by atoms with Gasteiger partial charge in [0.05, 0.1) is 22.3 Å². The normalized spacial score (nSPS) is 23.1. The van der Waals surface area contributed by atoms with Crippen molar-refractivity contribution < 1.29 is 4.79 Å². The molecule has 2 unspecified atom stereocenters. The summed E-state index contributed by atoms with van der Waals surface area (Å²) in [5.74, 6) is -0.150. The quantitative estimate of drug-likeness (QED) is 0.878. The third kappa shape index (κ3) is 4.47. The molecular weight excluding hydrogens is 333 g/mol. The molecule has 1 heterocycles. The topological polar surface area (TPSA) is 58.4 Å². The van der Waals surface area contributed by atoms with E-state index in [0.29, 0.717) is 27.3 Å². The van der Waals surface area contributed by atoms with Crippen LogP contribution in [0.15, 0.2) is 12.1 Å². The molecule has 1 aliphatic rings. The molecular formula is C14H18Cl3N3O. The van der Waals surface area contributed by atoms with Crippen LogP contribution in [0.3, 0.4) is 0 Å². The highest BCUT2D eigenvalue weighted by molar-refractivity contribution is 6.42. The minimum atomic E-state index is -0.150. The number of rotatable bonds is 3. The first-order chi connectivity index (χ1) is 9.86. The van der Waals surface area contributed by atoms with Crippen LogP contribution in [-0.4, -0.2) is 36.0 Å². The number of anilines is 1. The molecule has 2 atom stereocenters. The Hall–Kier alpha value is -0.520. The highest BCUT2D eigenvalue weighted by Gasteiger charge is 2.25. The fourth-order valence-corrected chi connectivity index (χ4v) is 3.43. The van der Waals surface area contributed by atoms with E-state index in [0.717, 1.165) is 19.4 Å². The summed E-state index contributed by atoms with van der Waals surface area (Å²) in [6.07, 6.45) is 1.80. The van der Waals surface area contributed by atoms with E-state index in [1.807, 2.05) is 0 Å². The van der Waals surface area contributed by atoms with Gasteiger partial charge in [-0.05, 0) is 31.9 Å². The number of hydrogen-bond acceptors (Lipinski definition) is 3. The maximum atomic E-state index is 12.2. The largest absolute Gasteiger partial charge is 0.328 e. The van der Waals surface area contributed by atoms with E-state index >= 15 is 0 Å². The first-order valence-electron chi connectivity index (χ1n) is 6.81. The van der Waals surface area contributed by atoms with Gasteiger partial charge in [-0.2, -0.15) is 0 Å². The van der Waals surface area contributed by atoms with Crippen molar-refractivity contribution in [3.63, 3.8) is 0 Å². The summed E-state index contributed by atoms with van der Waals surface area (Å²) in [7, 11) is 0. The number of likely N-dealkylation sites (tertiary alicyclic amines) is 1. The van der Waals surface area contributed by atoms with Crippen LogP contribution in [0.4, 0.5) is 5.69 Å². The lowest BCUT2D eigenvalue weighted by molar-refractivity contribution is -0.118. The molecule has 0 saturated carbocycles. The van der Waals surface area contributed by atoms with Crippen LogP contribution in [0.5, 0.6) is 0 Å². The highest BCUT2D eigenvalue weighted by Crippen LogP contribution is 2.33. The van der Waals surface area contributed by atoms with Gasteiger partial charge in [-0.15, -0.1) is 0 Å². The van der Waals surface area contributed by atoms with Gasteiger partial charge in [-0.3, -0.25) is 9.69 Å². The molecule has 0 spiro atoms. The van der Waals surface area contributed by atoms with Crippen LogP contribution < -0.4 is 11.1 Å². The predicted molar refractivity (Wildman–Crippen MR) is 88.3 cm³/mol. The smallest absolute Gasteiger partial charge is 0.238 e. The molecule has 0 aromatic heterocycles. The lowest BCUT2D eigenvalue weighted by Gasteiger charge is -2.35. The molecule has 1 saturated heterocycles. The molecule has 7 heteroatoms. The highest BCUT2D eigenvalue weighted by atomic mass is 35.5. The summed E-state index contributed by atoms with van der Waals surface area (Å²) in [5.41, 5.74) is 6.32. The standard InChI is InChI=1S/C14H18Cl3N3O/c1-8-4-10(18)2-3-20(8)7-13(21)19-14-11(16)5-9(15)6-12(14)17/h5-6,8,10H,2-4,7,18H2,1H3,(H,19,21). The van der Waals surface area contributed by atoms with Gasteiger partial charge in [-0.1, -0.05) is 34.8 Å². The van der Waals surface area contributed by atoms with Crippen molar-refractivity contribution >= 4 is 46.4 Å². The molecule has 21 heavy (non-hydrogen) atoms. The predicted octanol–water partition coefficient (Wildman–Crippen LogP) is 3.40. The van der Waals surface area contributed by atoms with E-state index in [1.165, 1.54) is 0 Å². The van der Waals surface area contributed by atoms with Gasteiger partial charge < -0.3 is 11.1 Å². The van der Waals surface area contributed by atoms with Crippen LogP contribution in [0, 0.1) is 0 Å². The number of nitrogens with zero attached hydrogens (tertiary/aromatic N) is 1. The van der Waals surface area contributed by atoms with Crippen molar-refractivity contribution in [3.05, 3.63) is 27.2 Å². The maximum absolute atomic E-state index is 12.2. The monoisotopic (exact) mass is 349 g/mol. The summed E-state index contributed by atoms with van der Waals surface area (Å²) < 4.78 is 0. The summed E-state index contributed by atoms with van der Waals surface area (Å²) in [5, 5.41) is 3.84. The van der Waals surface area contributed by atoms with Crippen LogP contribution in [0.1, 0.15) is 19.8 Å². The molecule has 2 rings (SSSR count). The van der Waals surface area contributed by atoms with Crippen molar-refractivity contribution in [1.82, 2.24) is 4.90 Å². The molecule has 1 aromatic rings. The molecule has 0 radical (unpaired) electrons. The van der Waals surface area contributed by atoms with Gasteiger partial charge in [0.15, 0.2) is 0 Å². The summed E-state index contributed by atoms with van der Waals surface area (Å²) >= 11 is 18.0. The van der Waals surface area contributed by atoms with E-state index in [2.05, 4.69) is 17.1 Å².